The number of pyridine rings is 1. The van der Waals surface area contributed by atoms with Crippen LogP contribution in [0.25, 0.3) is 0 Å². The van der Waals surface area contributed by atoms with Crippen molar-refractivity contribution in [2.75, 3.05) is 32.8 Å². The maximum atomic E-state index is 12.1. The van der Waals surface area contributed by atoms with E-state index in [9.17, 15) is 4.79 Å². The summed E-state index contributed by atoms with van der Waals surface area (Å²) in [6.07, 6.45) is 1.71. The molecule has 7 nitrogen and oxygen atoms in total. The van der Waals surface area contributed by atoms with E-state index in [0.717, 1.165) is 30.3 Å². The molecule has 7 heteroatoms. The van der Waals surface area contributed by atoms with Crippen molar-refractivity contribution in [3.63, 3.8) is 0 Å². The van der Waals surface area contributed by atoms with E-state index in [-0.39, 0.29) is 12.1 Å². The van der Waals surface area contributed by atoms with Crippen LogP contribution in [0, 0.1) is 6.92 Å². The van der Waals surface area contributed by atoms with E-state index in [2.05, 4.69) is 20.5 Å². The van der Waals surface area contributed by atoms with E-state index in [1.54, 1.807) is 6.20 Å². The Kier molecular flexibility index (Phi) is 6.03. The summed E-state index contributed by atoms with van der Waals surface area (Å²) in [5.74, 6) is 1.73. The number of amides is 2. The minimum Gasteiger partial charge on any atom is -0.465 e. The summed E-state index contributed by atoms with van der Waals surface area (Å²) >= 11 is 0. The fraction of sp³-hybridized carbons (Fsp3) is 0.444. The third kappa shape index (κ3) is 5.04. The van der Waals surface area contributed by atoms with Crippen molar-refractivity contribution in [3.05, 3.63) is 53.7 Å². The molecule has 1 saturated heterocycles. The van der Waals surface area contributed by atoms with Gasteiger partial charge in [-0.05, 0) is 31.2 Å². The van der Waals surface area contributed by atoms with Crippen LogP contribution in [0.5, 0.6) is 0 Å². The Hall–Kier alpha value is -2.38. The summed E-state index contributed by atoms with van der Waals surface area (Å²) in [5.41, 5.74) is 0.823. The van der Waals surface area contributed by atoms with Gasteiger partial charge in [-0.15, -0.1) is 0 Å². The molecular weight excluding hydrogens is 320 g/mol. The normalized spacial score (nSPS) is 16.4. The SMILES string of the molecule is Cc1ccc([C@@H](CNC(=O)NCc2ccccn2)N2CCOCC2)o1. The first-order chi connectivity index (χ1) is 12.2. The van der Waals surface area contributed by atoms with E-state index in [1.807, 2.05) is 37.3 Å². The first kappa shape index (κ1) is 17.4. The first-order valence-corrected chi connectivity index (χ1v) is 8.52. The number of carbonyl (C=O) groups excluding carboxylic acids is 1. The molecule has 1 aliphatic rings. The smallest absolute Gasteiger partial charge is 0.315 e. The number of aromatic nitrogens is 1. The molecule has 0 saturated carbocycles. The van der Waals surface area contributed by atoms with E-state index in [4.69, 9.17) is 9.15 Å². The van der Waals surface area contributed by atoms with Crippen LogP contribution in [-0.4, -0.2) is 48.8 Å². The van der Waals surface area contributed by atoms with Crippen molar-refractivity contribution in [2.24, 2.45) is 0 Å². The summed E-state index contributed by atoms with van der Waals surface area (Å²) < 4.78 is 11.2. The lowest BCUT2D eigenvalue weighted by atomic mass is 10.1. The van der Waals surface area contributed by atoms with Gasteiger partial charge in [0.15, 0.2) is 0 Å². The van der Waals surface area contributed by atoms with Gasteiger partial charge < -0.3 is 19.8 Å². The fourth-order valence-corrected chi connectivity index (χ4v) is 2.86. The van der Waals surface area contributed by atoms with Crippen molar-refractivity contribution in [1.29, 1.82) is 0 Å². The second-order valence-electron chi connectivity index (χ2n) is 6.00. The van der Waals surface area contributed by atoms with Crippen molar-refractivity contribution in [2.45, 2.75) is 19.5 Å². The summed E-state index contributed by atoms with van der Waals surface area (Å²) in [5, 5.41) is 5.77. The van der Waals surface area contributed by atoms with Gasteiger partial charge in [0, 0.05) is 25.8 Å². The number of hydrogen-bond donors (Lipinski definition) is 2. The van der Waals surface area contributed by atoms with Crippen LogP contribution in [0.15, 0.2) is 40.9 Å². The first-order valence-electron chi connectivity index (χ1n) is 8.52. The zero-order chi connectivity index (χ0) is 17.5. The molecule has 2 amide bonds. The molecular formula is C18H24N4O3. The van der Waals surface area contributed by atoms with Gasteiger partial charge in [-0.3, -0.25) is 9.88 Å². The van der Waals surface area contributed by atoms with E-state index < -0.39 is 0 Å². The Morgan fingerprint density at radius 1 is 1.24 bits per heavy atom. The van der Waals surface area contributed by atoms with Crippen LogP contribution in [0.3, 0.4) is 0 Å². The standard InChI is InChI=1S/C18H24N4O3/c1-14-5-6-17(25-14)16(22-8-10-24-11-9-22)13-21-18(23)20-12-15-4-2-3-7-19-15/h2-7,16H,8-13H2,1H3,(H2,20,21,23)/t16-/m1/s1. The fourth-order valence-electron chi connectivity index (χ4n) is 2.86. The number of hydrogen-bond acceptors (Lipinski definition) is 5. The second-order valence-corrected chi connectivity index (χ2v) is 6.00. The molecule has 25 heavy (non-hydrogen) atoms. The van der Waals surface area contributed by atoms with Gasteiger partial charge in [0.25, 0.3) is 0 Å². The summed E-state index contributed by atoms with van der Waals surface area (Å²) in [7, 11) is 0. The Labute approximate surface area is 147 Å². The zero-order valence-corrected chi connectivity index (χ0v) is 14.4. The highest BCUT2D eigenvalue weighted by Gasteiger charge is 2.25. The number of rotatable bonds is 6. The minimum absolute atomic E-state index is 0.00167. The van der Waals surface area contributed by atoms with Gasteiger partial charge in [0.05, 0.1) is 31.5 Å². The third-order valence-corrected chi connectivity index (χ3v) is 4.19. The number of urea groups is 1. The van der Waals surface area contributed by atoms with Crippen LogP contribution in [-0.2, 0) is 11.3 Å². The predicted molar refractivity (Wildman–Crippen MR) is 93.1 cm³/mol. The molecule has 3 heterocycles. The van der Waals surface area contributed by atoms with E-state index >= 15 is 0 Å². The monoisotopic (exact) mass is 344 g/mol. The van der Waals surface area contributed by atoms with Crippen LogP contribution < -0.4 is 10.6 Å². The van der Waals surface area contributed by atoms with Gasteiger partial charge in [-0.1, -0.05) is 6.07 Å². The van der Waals surface area contributed by atoms with Crippen molar-refractivity contribution in [1.82, 2.24) is 20.5 Å². The van der Waals surface area contributed by atoms with Gasteiger partial charge in [0.1, 0.15) is 11.5 Å². The highest BCUT2D eigenvalue weighted by Crippen LogP contribution is 2.23. The van der Waals surface area contributed by atoms with Crippen molar-refractivity contribution >= 4 is 6.03 Å². The number of morpholine rings is 1. The third-order valence-electron chi connectivity index (χ3n) is 4.19. The summed E-state index contributed by atoms with van der Waals surface area (Å²) in [4.78, 5) is 18.6. The molecule has 1 aliphatic heterocycles. The summed E-state index contributed by atoms with van der Waals surface area (Å²) in [6.45, 7) is 5.83. The topological polar surface area (TPSA) is 79.6 Å². The lowest BCUT2D eigenvalue weighted by Gasteiger charge is -2.33. The van der Waals surface area contributed by atoms with Crippen LogP contribution in [0.2, 0.25) is 0 Å². The van der Waals surface area contributed by atoms with Gasteiger partial charge in [0.2, 0.25) is 0 Å². The Bertz CT molecular complexity index is 668. The van der Waals surface area contributed by atoms with Crippen LogP contribution in [0.1, 0.15) is 23.3 Å². The zero-order valence-electron chi connectivity index (χ0n) is 14.4. The lowest BCUT2D eigenvalue weighted by molar-refractivity contribution is 0.0121. The molecule has 2 N–H and O–H groups in total. The molecule has 2 aromatic rings. The molecule has 1 atom stereocenters. The maximum absolute atomic E-state index is 12.1. The highest BCUT2D eigenvalue weighted by molar-refractivity contribution is 5.73. The maximum Gasteiger partial charge on any atom is 0.315 e. The number of nitrogens with zero attached hydrogens (tertiary/aromatic N) is 2. The molecule has 0 aromatic carbocycles. The molecule has 0 bridgehead atoms. The van der Waals surface area contributed by atoms with Gasteiger partial charge >= 0.3 is 6.03 Å². The average molecular weight is 344 g/mol. The quantitative estimate of drug-likeness (QED) is 0.836. The Balaban J connectivity index is 1.55. The number of furan rings is 1. The van der Waals surface area contributed by atoms with Crippen molar-refractivity contribution < 1.29 is 13.9 Å². The molecule has 0 unspecified atom stereocenters. The molecule has 2 aromatic heterocycles. The molecule has 1 fully saturated rings. The van der Waals surface area contributed by atoms with Crippen LogP contribution in [0.4, 0.5) is 4.79 Å². The molecule has 0 radical (unpaired) electrons. The minimum atomic E-state index is -0.216. The Morgan fingerprint density at radius 3 is 2.76 bits per heavy atom. The van der Waals surface area contributed by atoms with Crippen molar-refractivity contribution in [3.8, 4) is 0 Å². The largest absolute Gasteiger partial charge is 0.465 e. The van der Waals surface area contributed by atoms with Gasteiger partial charge in [-0.25, -0.2) is 4.79 Å². The molecule has 0 spiro atoms. The van der Waals surface area contributed by atoms with Gasteiger partial charge in [-0.2, -0.15) is 0 Å². The molecule has 134 valence electrons. The number of carbonyl (C=O) groups is 1. The lowest BCUT2D eigenvalue weighted by Crippen LogP contribution is -2.45. The molecule has 0 aliphatic carbocycles. The highest BCUT2D eigenvalue weighted by atomic mass is 16.5. The predicted octanol–water partition coefficient (Wildman–Crippen LogP) is 1.86. The van der Waals surface area contributed by atoms with E-state index in [0.29, 0.717) is 26.3 Å². The number of nitrogens with one attached hydrogen (secondary N) is 2. The summed E-state index contributed by atoms with van der Waals surface area (Å²) in [6, 6.07) is 9.33. The second kappa shape index (κ2) is 8.64. The Morgan fingerprint density at radius 2 is 2.08 bits per heavy atom. The number of aryl methyl sites for hydroxylation is 1. The van der Waals surface area contributed by atoms with Crippen LogP contribution >= 0.6 is 0 Å². The van der Waals surface area contributed by atoms with E-state index in [1.165, 1.54) is 0 Å². The molecule has 3 rings (SSSR count). The number of ether oxygens (including phenoxy) is 1. The average Bonchev–Trinajstić information content (AvgIpc) is 3.08.